The fourth-order valence-corrected chi connectivity index (χ4v) is 4.55. The molecule has 0 spiro atoms. The normalized spacial score (nSPS) is 14.5. The van der Waals surface area contributed by atoms with Crippen LogP contribution in [0.25, 0.3) is 22.2 Å². The highest BCUT2D eigenvalue weighted by Gasteiger charge is 2.34. The summed E-state index contributed by atoms with van der Waals surface area (Å²) in [6.45, 7) is 2.18. The van der Waals surface area contributed by atoms with Gasteiger partial charge in [0.1, 0.15) is 18.1 Å². The maximum atomic E-state index is 12.5. The lowest BCUT2D eigenvalue weighted by atomic mass is 10.1. The van der Waals surface area contributed by atoms with Gasteiger partial charge >= 0.3 is 6.18 Å². The van der Waals surface area contributed by atoms with Gasteiger partial charge in [-0.15, -0.1) is 0 Å². The first-order valence-electron chi connectivity index (χ1n) is 12.6. The molecule has 12 heteroatoms. The van der Waals surface area contributed by atoms with E-state index < -0.39 is 18.5 Å². The number of alkyl halides is 3. The third-order valence-electron chi connectivity index (χ3n) is 6.57. The van der Waals surface area contributed by atoms with Gasteiger partial charge in [-0.25, -0.2) is 15.0 Å². The Morgan fingerprint density at radius 1 is 1.00 bits per heavy atom. The Morgan fingerprint density at radius 2 is 1.74 bits per heavy atom. The molecule has 1 aliphatic heterocycles. The van der Waals surface area contributed by atoms with Crippen LogP contribution in [0.3, 0.4) is 0 Å². The SMILES string of the molecule is CN(C)c1cc(-c2ccc3nc(Nc4cc(CN5CCN(C(=O)CC(F)(F)F)CC5)ccn4)[nH]c3c2)ccn1. The number of imidazole rings is 1. The largest absolute Gasteiger partial charge is 0.397 e. The van der Waals surface area contributed by atoms with Crippen LogP contribution in [0.5, 0.6) is 0 Å². The van der Waals surface area contributed by atoms with Crippen LogP contribution in [0.1, 0.15) is 12.0 Å². The van der Waals surface area contributed by atoms with Gasteiger partial charge in [-0.05, 0) is 53.1 Å². The second-order valence-corrected chi connectivity index (χ2v) is 9.74. The Balaban J connectivity index is 1.22. The van der Waals surface area contributed by atoms with Crippen molar-refractivity contribution in [1.29, 1.82) is 0 Å². The Hall–Kier alpha value is -4.19. The molecular formula is C27H29F3N8O. The lowest BCUT2D eigenvalue weighted by Gasteiger charge is -2.35. The number of hydrogen-bond donors (Lipinski definition) is 2. The highest BCUT2D eigenvalue weighted by Crippen LogP contribution is 2.27. The minimum atomic E-state index is -4.48. The summed E-state index contributed by atoms with van der Waals surface area (Å²) >= 11 is 0. The van der Waals surface area contributed by atoms with E-state index in [1.54, 1.807) is 12.4 Å². The Bertz CT molecular complexity index is 1460. The zero-order valence-electron chi connectivity index (χ0n) is 21.7. The number of benzene rings is 1. The van der Waals surface area contributed by atoms with Crippen molar-refractivity contribution in [2.24, 2.45) is 0 Å². The van der Waals surface area contributed by atoms with Crippen LogP contribution in [0.2, 0.25) is 0 Å². The molecule has 0 aliphatic carbocycles. The van der Waals surface area contributed by atoms with Crippen LogP contribution >= 0.6 is 0 Å². The number of carbonyl (C=O) groups excluding carboxylic acids is 1. The van der Waals surface area contributed by atoms with Crippen LogP contribution in [-0.2, 0) is 11.3 Å². The summed E-state index contributed by atoms with van der Waals surface area (Å²) in [7, 11) is 3.91. The summed E-state index contributed by atoms with van der Waals surface area (Å²) in [6.07, 6.45) is -2.39. The second kappa shape index (κ2) is 10.9. The van der Waals surface area contributed by atoms with Gasteiger partial charge in [0.2, 0.25) is 11.9 Å². The van der Waals surface area contributed by atoms with Crippen molar-refractivity contribution >= 4 is 34.5 Å². The highest BCUT2D eigenvalue weighted by atomic mass is 19.4. The molecule has 204 valence electrons. The van der Waals surface area contributed by atoms with Crippen molar-refractivity contribution in [3.8, 4) is 11.1 Å². The van der Waals surface area contributed by atoms with Gasteiger partial charge in [0.15, 0.2) is 0 Å². The lowest BCUT2D eigenvalue weighted by Crippen LogP contribution is -2.49. The molecule has 1 saturated heterocycles. The van der Waals surface area contributed by atoms with Crippen molar-refractivity contribution in [3.63, 3.8) is 0 Å². The van der Waals surface area contributed by atoms with E-state index in [9.17, 15) is 18.0 Å². The van der Waals surface area contributed by atoms with E-state index in [1.807, 2.05) is 61.5 Å². The number of carbonyl (C=O) groups is 1. The fraction of sp³-hybridized carbons (Fsp3) is 0.333. The first-order valence-corrected chi connectivity index (χ1v) is 12.6. The van der Waals surface area contributed by atoms with Crippen LogP contribution in [-0.4, -0.2) is 82.1 Å². The van der Waals surface area contributed by atoms with Gasteiger partial charge in [0, 0.05) is 59.2 Å². The summed E-state index contributed by atoms with van der Waals surface area (Å²) < 4.78 is 37.6. The Morgan fingerprint density at radius 3 is 2.49 bits per heavy atom. The summed E-state index contributed by atoms with van der Waals surface area (Å²) in [5.41, 5.74) is 4.79. The number of fused-ring (bicyclic) bond motifs is 1. The molecule has 5 rings (SSSR count). The standard InChI is InChI=1S/C27H29F3N8O/c1-36(2)24-15-20(6-8-32-24)19-3-4-21-22(14-19)34-26(33-21)35-23-13-18(5-7-31-23)17-37-9-11-38(12-10-37)25(39)16-27(28,29)30/h3-8,13-15H,9-12,16-17H2,1-2H3,(H2,31,33,34,35). The van der Waals surface area contributed by atoms with Crippen LogP contribution in [0, 0.1) is 0 Å². The summed E-state index contributed by atoms with van der Waals surface area (Å²) in [4.78, 5) is 33.9. The number of nitrogens with zero attached hydrogens (tertiary/aromatic N) is 6. The molecule has 1 amide bonds. The first kappa shape index (κ1) is 26.4. The lowest BCUT2D eigenvalue weighted by molar-refractivity contribution is -0.162. The molecule has 39 heavy (non-hydrogen) atoms. The van der Waals surface area contributed by atoms with E-state index in [0.29, 0.717) is 31.4 Å². The van der Waals surface area contributed by atoms with Crippen LogP contribution in [0.15, 0.2) is 54.9 Å². The predicted octanol–water partition coefficient (Wildman–Crippen LogP) is 4.43. The van der Waals surface area contributed by atoms with E-state index >= 15 is 0 Å². The smallest absolute Gasteiger partial charge is 0.363 e. The number of pyridine rings is 2. The molecule has 0 unspecified atom stereocenters. The molecule has 0 radical (unpaired) electrons. The third-order valence-corrected chi connectivity index (χ3v) is 6.57. The number of halogens is 3. The first-order chi connectivity index (χ1) is 18.6. The number of hydrogen-bond acceptors (Lipinski definition) is 7. The summed E-state index contributed by atoms with van der Waals surface area (Å²) in [5.74, 6) is 1.19. The van der Waals surface area contributed by atoms with Crippen molar-refractivity contribution in [1.82, 2.24) is 29.7 Å². The number of aromatic nitrogens is 4. The highest BCUT2D eigenvalue weighted by molar-refractivity contribution is 5.84. The second-order valence-electron chi connectivity index (χ2n) is 9.74. The van der Waals surface area contributed by atoms with Gasteiger partial charge in [-0.1, -0.05) is 6.07 Å². The summed E-state index contributed by atoms with van der Waals surface area (Å²) in [5, 5.41) is 3.23. The van der Waals surface area contributed by atoms with E-state index in [4.69, 9.17) is 0 Å². The minimum Gasteiger partial charge on any atom is -0.363 e. The van der Waals surface area contributed by atoms with Crippen LogP contribution < -0.4 is 10.2 Å². The number of amides is 1. The molecule has 3 aromatic heterocycles. The molecule has 2 N–H and O–H groups in total. The molecule has 1 aromatic carbocycles. The quantitative estimate of drug-likeness (QED) is 0.360. The van der Waals surface area contributed by atoms with E-state index in [-0.39, 0.29) is 13.1 Å². The van der Waals surface area contributed by atoms with Gasteiger partial charge < -0.3 is 20.1 Å². The Kier molecular flexibility index (Phi) is 7.38. The minimum absolute atomic E-state index is 0.280. The maximum Gasteiger partial charge on any atom is 0.397 e. The number of nitrogens with one attached hydrogen (secondary N) is 2. The van der Waals surface area contributed by atoms with Crippen molar-refractivity contribution in [3.05, 3.63) is 60.4 Å². The van der Waals surface area contributed by atoms with Crippen LogP contribution in [0.4, 0.5) is 30.8 Å². The van der Waals surface area contributed by atoms with E-state index in [2.05, 4.69) is 30.2 Å². The molecule has 0 saturated carbocycles. The topological polar surface area (TPSA) is 93.3 Å². The molecule has 1 fully saturated rings. The number of anilines is 3. The molecule has 4 aromatic rings. The zero-order valence-corrected chi connectivity index (χ0v) is 21.7. The predicted molar refractivity (Wildman–Crippen MR) is 144 cm³/mol. The number of H-pyrrole nitrogens is 1. The van der Waals surface area contributed by atoms with E-state index in [0.717, 1.165) is 33.5 Å². The van der Waals surface area contributed by atoms with Gasteiger partial charge in [0.05, 0.1) is 11.0 Å². The molecule has 9 nitrogen and oxygen atoms in total. The monoisotopic (exact) mass is 538 g/mol. The average molecular weight is 539 g/mol. The van der Waals surface area contributed by atoms with Crippen molar-refractivity contribution < 1.29 is 18.0 Å². The number of piperazine rings is 1. The molecule has 0 atom stereocenters. The molecular weight excluding hydrogens is 509 g/mol. The van der Waals surface area contributed by atoms with Crippen molar-refractivity contribution in [2.75, 3.05) is 50.5 Å². The third kappa shape index (κ3) is 6.63. The van der Waals surface area contributed by atoms with Gasteiger partial charge in [0.25, 0.3) is 0 Å². The number of rotatable bonds is 7. The fourth-order valence-electron chi connectivity index (χ4n) is 4.55. The summed E-state index contributed by atoms with van der Waals surface area (Å²) in [6, 6.07) is 13.9. The average Bonchev–Trinajstić information content (AvgIpc) is 3.30. The van der Waals surface area contributed by atoms with Gasteiger partial charge in [-0.2, -0.15) is 13.2 Å². The molecule has 1 aliphatic rings. The van der Waals surface area contributed by atoms with Gasteiger partial charge in [-0.3, -0.25) is 9.69 Å². The molecule has 0 bridgehead atoms. The van der Waals surface area contributed by atoms with E-state index in [1.165, 1.54) is 4.90 Å². The Labute approximate surface area is 223 Å². The van der Waals surface area contributed by atoms with Crippen molar-refractivity contribution in [2.45, 2.75) is 19.1 Å². The zero-order chi connectivity index (χ0) is 27.6. The number of aromatic amines is 1. The molecule has 4 heterocycles. The maximum absolute atomic E-state index is 12.5.